The van der Waals surface area contributed by atoms with Crippen LogP contribution in [0.15, 0.2) is 41.7 Å². The predicted octanol–water partition coefficient (Wildman–Crippen LogP) is 2.81. The quantitative estimate of drug-likeness (QED) is 0.726. The van der Waals surface area contributed by atoms with E-state index in [1.54, 1.807) is 18.5 Å². The molecule has 0 aliphatic carbocycles. The van der Waals surface area contributed by atoms with E-state index in [0.29, 0.717) is 11.6 Å². The predicted molar refractivity (Wildman–Crippen MR) is 81.9 cm³/mol. The lowest BCUT2D eigenvalue weighted by atomic mass is 10.2. The highest BCUT2D eigenvalue weighted by atomic mass is 35.5. The summed E-state index contributed by atoms with van der Waals surface area (Å²) in [6.07, 6.45) is 6.51. The lowest BCUT2D eigenvalue weighted by Gasteiger charge is -1.97. The number of pyridine rings is 1. The van der Waals surface area contributed by atoms with Crippen molar-refractivity contribution in [1.82, 2.24) is 15.0 Å². The Balaban J connectivity index is 2.06. The Morgan fingerprint density at radius 2 is 2.30 bits per heavy atom. The summed E-state index contributed by atoms with van der Waals surface area (Å²) in [6, 6.07) is 5.58. The van der Waals surface area contributed by atoms with Gasteiger partial charge in [0.2, 0.25) is 0 Å². The van der Waals surface area contributed by atoms with E-state index >= 15 is 0 Å². The molecule has 100 valence electrons. The number of hydrogen-bond acceptors (Lipinski definition) is 4. The van der Waals surface area contributed by atoms with E-state index in [1.165, 1.54) is 6.20 Å². The third kappa shape index (κ3) is 2.35. The molecule has 0 saturated carbocycles. The highest BCUT2D eigenvalue weighted by Crippen LogP contribution is 2.24. The molecular weight excluding hydrogens is 274 g/mol. The second-order valence-electron chi connectivity index (χ2n) is 4.24. The second-order valence-corrected chi connectivity index (χ2v) is 4.68. The maximum atomic E-state index is 6.04. The fraction of sp³-hybridized carbons (Fsp3) is 0.0714. The van der Waals surface area contributed by atoms with Gasteiger partial charge < -0.3 is 10.7 Å². The van der Waals surface area contributed by atoms with E-state index < -0.39 is 0 Å². The van der Waals surface area contributed by atoms with E-state index in [9.17, 15) is 0 Å². The zero-order valence-electron chi connectivity index (χ0n) is 10.5. The van der Waals surface area contributed by atoms with Gasteiger partial charge in [0.15, 0.2) is 0 Å². The van der Waals surface area contributed by atoms with Crippen LogP contribution in [-0.2, 0) is 6.54 Å². The Morgan fingerprint density at radius 1 is 1.40 bits per heavy atom. The summed E-state index contributed by atoms with van der Waals surface area (Å²) in [4.78, 5) is 16.3. The van der Waals surface area contributed by atoms with Crippen molar-refractivity contribution in [3.05, 3.63) is 47.5 Å². The molecule has 0 aliphatic heterocycles. The largest absolute Gasteiger partial charge is 0.405 e. The molecule has 0 atom stereocenters. The lowest BCUT2D eigenvalue weighted by Crippen LogP contribution is -1.84. The number of nitrogens with zero attached hydrogens (tertiary/aromatic N) is 3. The van der Waals surface area contributed by atoms with Gasteiger partial charge in [-0.2, -0.15) is 0 Å². The molecule has 3 aromatic rings. The van der Waals surface area contributed by atoms with Crippen LogP contribution in [0.3, 0.4) is 0 Å². The minimum Gasteiger partial charge on any atom is -0.405 e. The first kappa shape index (κ1) is 12.6. The van der Waals surface area contributed by atoms with E-state index in [2.05, 4.69) is 19.9 Å². The van der Waals surface area contributed by atoms with Crippen molar-refractivity contribution in [2.75, 3.05) is 0 Å². The van der Waals surface area contributed by atoms with Crippen molar-refractivity contribution < 1.29 is 0 Å². The highest BCUT2D eigenvalue weighted by molar-refractivity contribution is 6.31. The number of aliphatic imine (C=N–C) groups is 1. The molecule has 6 heteroatoms. The van der Waals surface area contributed by atoms with Crippen molar-refractivity contribution >= 4 is 39.8 Å². The Morgan fingerprint density at radius 3 is 3.15 bits per heavy atom. The van der Waals surface area contributed by atoms with Gasteiger partial charge in [-0.05, 0) is 30.5 Å². The van der Waals surface area contributed by atoms with Crippen molar-refractivity contribution in [3.63, 3.8) is 0 Å². The van der Waals surface area contributed by atoms with Gasteiger partial charge in [-0.15, -0.1) is 0 Å². The number of H-pyrrole nitrogens is 1. The average molecular weight is 286 g/mol. The molecule has 0 aliphatic rings. The summed E-state index contributed by atoms with van der Waals surface area (Å²) in [7, 11) is 0. The van der Waals surface area contributed by atoms with Crippen molar-refractivity contribution in [3.8, 4) is 0 Å². The molecule has 0 bridgehead atoms. The van der Waals surface area contributed by atoms with Crippen LogP contribution in [0.4, 0.5) is 0 Å². The number of allylic oxidation sites excluding steroid dienone is 1. The van der Waals surface area contributed by atoms with Crippen LogP contribution in [0.5, 0.6) is 0 Å². The summed E-state index contributed by atoms with van der Waals surface area (Å²) in [5, 5.41) is 1.60. The number of benzene rings is 1. The van der Waals surface area contributed by atoms with Gasteiger partial charge >= 0.3 is 0 Å². The third-order valence-electron chi connectivity index (χ3n) is 2.87. The number of nitrogens with one attached hydrogen (secondary N) is 1. The summed E-state index contributed by atoms with van der Waals surface area (Å²) in [5.41, 5.74) is 7.83. The number of halogens is 1. The zero-order valence-corrected chi connectivity index (χ0v) is 11.3. The number of fused-ring (bicyclic) bond motifs is 3. The van der Waals surface area contributed by atoms with E-state index in [1.807, 2.05) is 18.2 Å². The number of rotatable bonds is 3. The summed E-state index contributed by atoms with van der Waals surface area (Å²) < 4.78 is 0. The molecule has 3 rings (SSSR count). The second kappa shape index (κ2) is 5.30. The van der Waals surface area contributed by atoms with Gasteiger partial charge in [0.1, 0.15) is 5.82 Å². The summed E-state index contributed by atoms with van der Waals surface area (Å²) >= 11 is 6.04. The molecule has 2 aromatic heterocycles. The molecule has 0 radical (unpaired) electrons. The smallest absolute Gasteiger partial charge is 0.129 e. The van der Waals surface area contributed by atoms with Crippen LogP contribution < -0.4 is 5.73 Å². The van der Waals surface area contributed by atoms with Crippen LogP contribution >= 0.6 is 11.6 Å². The van der Waals surface area contributed by atoms with Gasteiger partial charge in [-0.1, -0.05) is 11.6 Å². The van der Waals surface area contributed by atoms with E-state index in [-0.39, 0.29) is 0 Å². The minimum absolute atomic E-state index is 0.459. The fourth-order valence-corrected chi connectivity index (χ4v) is 2.18. The molecule has 20 heavy (non-hydrogen) atoms. The Kier molecular flexibility index (Phi) is 3.35. The number of hydrogen-bond donors (Lipinski definition) is 2. The third-order valence-corrected chi connectivity index (χ3v) is 3.11. The Bertz CT molecular complexity index is 819. The van der Waals surface area contributed by atoms with Crippen molar-refractivity contribution in [1.29, 1.82) is 0 Å². The van der Waals surface area contributed by atoms with Crippen LogP contribution in [0.25, 0.3) is 21.9 Å². The molecule has 2 heterocycles. The molecule has 1 aromatic carbocycles. The summed E-state index contributed by atoms with van der Waals surface area (Å²) in [5.74, 6) is 0.774. The molecule has 0 amide bonds. The van der Waals surface area contributed by atoms with Crippen molar-refractivity contribution in [2.24, 2.45) is 10.7 Å². The molecule has 0 fully saturated rings. The number of imidazole rings is 1. The van der Waals surface area contributed by atoms with Gasteiger partial charge in [0.25, 0.3) is 0 Å². The van der Waals surface area contributed by atoms with Crippen LogP contribution in [0.2, 0.25) is 5.02 Å². The first-order chi connectivity index (χ1) is 9.78. The Labute approximate surface area is 120 Å². The molecule has 0 saturated heterocycles. The van der Waals surface area contributed by atoms with Crippen LogP contribution in [0, 0.1) is 0 Å². The van der Waals surface area contributed by atoms with Crippen molar-refractivity contribution in [2.45, 2.75) is 6.54 Å². The van der Waals surface area contributed by atoms with Crippen LogP contribution in [-0.4, -0.2) is 21.2 Å². The normalized spacial score (nSPS) is 12.2. The maximum Gasteiger partial charge on any atom is 0.129 e. The lowest BCUT2D eigenvalue weighted by molar-refractivity contribution is 0.964. The van der Waals surface area contributed by atoms with Gasteiger partial charge in [-0.3, -0.25) is 9.98 Å². The van der Waals surface area contributed by atoms with Gasteiger partial charge in [0.05, 0.1) is 29.3 Å². The van der Waals surface area contributed by atoms with Gasteiger partial charge in [-0.25, -0.2) is 4.98 Å². The molecular formula is C14H12ClN5. The first-order valence-corrected chi connectivity index (χ1v) is 6.45. The average Bonchev–Trinajstić information content (AvgIpc) is 2.87. The molecule has 5 nitrogen and oxygen atoms in total. The monoisotopic (exact) mass is 285 g/mol. The highest BCUT2D eigenvalue weighted by Gasteiger charge is 2.07. The first-order valence-electron chi connectivity index (χ1n) is 6.07. The SMILES string of the molecule is NC=CC=NCc1nc2c(cnc3ccc(Cl)cc32)[nH]1. The molecule has 0 spiro atoms. The number of nitrogens with two attached hydrogens (primary N) is 1. The topological polar surface area (TPSA) is 79.9 Å². The van der Waals surface area contributed by atoms with E-state index in [4.69, 9.17) is 17.3 Å². The summed E-state index contributed by atoms with van der Waals surface area (Å²) in [6.45, 7) is 0.459. The molecule has 0 unspecified atom stereocenters. The minimum atomic E-state index is 0.459. The zero-order chi connectivity index (χ0) is 13.9. The van der Waals surface area contributed by atoms with Crippen LogP contribution in [0.1, 0.15) is 5.82 Å². The standard InChI is InChI=1S/C14H12ClN5/c15-9-2-3-11-10(6-9)14-12(7-18-11)19-13(20-14)8-17-5-1-4-16/h1-7H,8,16H2,(H,19,20). The number of aromatic nitrogens is 3. The van der Waals surface area contributed by atoms with E-state index in [0.717, 1.165) is 27.8 Å². The molecule has 3 N–H and O–H groups in total. The fourth-order valence-electron chi connectivity index (χ4n) is 2.01. The number of aromatic amines is 1. The Hall–Kier alpha value is -2.40. The van der Waals surface area contributed by atoms with Gasteiger partial charge in [0, 0.05) is 16.6 Å². The maximum absolute atomic E-state index is 6.04.